The Morgan fingerprint density at radius 2 is 2.04 bits per heavy atom. The molecule has 1 heterocycles. The molecular formula is C24H35BrN2O. The predicted octanol–water partition coefficient (Wildman–Crippen LogP) is 6.33. The summed E-state index contributed by atoms with van der Waals surface area (Å²) in [6.45, 7) is 14.6. The van der Waals surface area contributed by atoms with Gasteiger partial charge in [0, 0.05) is 36.2 Å². The van der Waals surface area contributed by atoms with Gasteiger partial charge >= 0.3 is 0 Å². The number of fused-ring (bicyclic) bond motifs is 1. The third-order valence-corrected chi connectivity index (χ3v) is 5.57. The van der Waals surface area contributed by atoms with Crippen molar-refractivity contribution in [3.8, 4) is 0 Å². The van der Waals surface area contributed by atoms with E-state index in [1.54, 1.807) is 0 Å². The fraction of sp³-hybridized carbons (Fsp3) is 0.542. The van der Waals surface area contributed by atoms with Crippen LogP contribution >= 0.6 is 15.9 Å². The van der Waals surface area contributed by atoms with Crippen molar-refractivity contribution in [1.82, 2.24) is 0 Å². The molecule has 0 bridgehead atoms. The van der Waals surface area contributed by atoms with Crippen LogP contribution in [0.3, 0.4) is 0 Å². The Kier molecular flexibility index (Phi) is 7.94. The van der Waals surface area contributed by atoms with Crippen molar-refractivity contribution in [2.45, 2.75) is 60.8 Å². The average Bonchev–Trinajstić information content (AvgIpc) is 2.61. The molecule has 4 heteroatoms. The van der Waals surface area contributed by atoms with Crippen LogP contribution in [-0.2, 0) is 11.2 Å². The van der Waals surface area contributed by atoms with Crippen molar-refractivity contribution < 1.29 is 4.79 Å². The van der Waals surface area contributed by atoms with Crippen molar-refractivity contribution in [3.63, 3.8) is 0 Å². The number of anilines is 2. The number of halogens is 1. The fourth-order valence-corrected chi connectivity index (χ4v) is 4.03. The summed E-state index contributed by atoms with van der Waals surface area (Å²) >= 11 is 3.46. The van der Waals surface area contributed by atoms with Crippen LogP contribution in [0.1, 0.15) is 57.2 Å². The highest BCUT2D eigenvalue weighted by molar-refractivity contribution is 9.09. The van der Waals surface area contributed by atoms with E-state index in [2.05, 4.69) is 92.0 Å². The number of allylic oxidation sites excluding steroid dienone is 2. The van der Waals surface area contributed by atoms with Gasteiger partial charge in [0.15, 0.2) is 0 Å². The maximum absolute atomic E-state index is 12.5. The summed E-state index contributed by atoms with van der Waals surface area (Å²) in [6, 6.07) is 2.26. The normalized spacial score (nSPS) is 15.1. The molecule has 0 aromatic heterocycles. The van der Waals surface area contributed by atoms with Gasteiger partial charge in [0.05, 0.1) is 0 Å². The van der Waals surface area contributed by atoms with Crippen LogP contribution in [0.5, 0.6) is 0 Å². The van der Waals surface area contributed by atoms with Crippen LogP contribution in [0.2, 0.25) is 0 Å². The van der Waals surface area contributed by atoms with Gasteiger partial charge in [0.1, 0.15) is 0 Å². The Morgan fingerprint density at radius 3 is 2.64 bits per heavy atom. The van der Waals surface area contributed by atoms with Gasteiger partial charge in [-0.25, -0.2) is 0 Å². The highest BCUT2D eigenvalue weighted by atomic mass is 79.9. The molecule has 0 atom stereocenters. The maximum atomic E-state index is 12.5. The Hall–Kier alpha value is -1.55. The fourth-order valence-electron chi connectivity index (χ4n) is 3.85. The summed E-state index contributed by atoms with van der Waals surface area (Å²) in [5, 5.41) is 4.07. The minimum atomic E-state index is -0.0115. The molecule has 2 rings (SSSR count). The Balaban J connectivity index is 2.30. The molecule has 28 heavy (non-hydrogen) atoms. The van der Waals surface area contributed by atoms with Crippen molar-refractivity contribution >= 4 is 33.2 Å². The Bertz CT molecular complexity index is 772. The molecule has 1 aromatic carbocycles. The van der Waals surface area contributed by atoms with Gasteiger partial charge in [-0.1, -0.05) is 54.9 Å². The van der Waals surface area contributed by atoms with Gasteiger partial charge in [-0.2, -0.15) is 0 Å². The van der Waals surface area contributed by atoms with E-state index in [4.69, 9.17) is 0 Å². The first kappa shape index (κ1) is 22.7. The molecule has 0 aliphatic carbocycles. The van der Waals surface area contributed by atoms with Gasteiger partial charge in [-0.3, -0.25) is 4.79 Å². The maximum Gasteiger partial charge on any atom is 0.224 e. The van der Waals surface area contributed by atoms with Gasteiger partial charge in [0.25, 0.3) is 0 Å². The molecule has 0 spiro atoms. The lowest BCUT2D eigenvalue weighted by Crippen LogP contribution is -2.32. The lowest BCUT2D eigenvalue weighted by molar-refractivity contribution is -0.117. The molecule has 0 radical (unpaired) electrons. The van der Waals surface area contributed by atoms with E-state index >= 15 is 0 Å². The lowest BCUT2D eigenvalue weighted by Gasteiger charge is -2.34. The molecule has 154 valence electrons. The standard InChI is InChI=1S/C24H35BrN2O/c1-7-19(10-8-12-25)16-27-13-9-11-20-18(3)23(17(2)14-21(20)27)26-22(28)15-24(4,5)6/h7-8,10,14H,9,11-13,15-16H2,1-6H3,(H,26,28). The quantitative estimate of drug-likeness (QED) is 0.408. The molecule has 1 aromatic rings. The first-order valence-corrected chi connectivity index (χ1v) is 11.3. The van der Waals surface area contributed by atoms with E-state index in [-0.39, 0.29) is 11.3 Å². The van der Waals surface area contributed by atoms with E-state index in [1.807, 2.05) is 0 Å². The summed E-state index contributed by atoms with van der Waals surface area (Å²) in [5.41, 5.74) is 7.38. The SMILES string of the molecule is CC=C(C=CCBr)CN1CCCc2c1cc(C)c(NC(=O)CC(C)(C)C)c2C. The van der Waals surface area contributed by atoms with Crippen LogP contribution in [0, 0.1) is 19.3 Å². The first-order chi connectivity index (χ1) is 13.2. The molecule has 0 saturated carbocycles. The molecule has 3 nitrogen and oxygen atoms in total. The zero-order valence-corrected chi connectivity index (χ0v) is 19.9. The molecule has 1 amide bonds. The highest BCUT2D eigenvalue weighted by Gasteiger charge is 2.23. The van der Waals surface area contributed by atoms with Crippen molar-refractivity contribution in [1.29, 1.82) is 0 Å². The van der Waals surface area contributed by atoms with Crippen LogP contribution in [-0.4, -0.2) is 24.3 Å². The number of rotatable bonds is 6. The third kappa shape index (κ3) is 5.97. The van der Waals surface area contributed by atoms with E-state index in [9.17, 15) is 4.79 Å². The molecule has 1 aliphatic heterocycles. The number of carbonyl (C=O) groups is 1. The zero-order valence-electron chi connectivity index (χ0n) is 18.3. The van der Waals surface area contributed by atoms with Crippen molar-refractivity contribution in [2.75, 3.05) is 28.6 Å². The summed E-state index contributed by atoms with van der Waals surface area (Å²) in [6.07, 6.45) is 9.27. The number of nitrogens with zero attached hydrogens (tertiary/aromatic N) is 1. The minimum Gasteiger partial charge on any atom is -0.367 e. The Morgan fingerprint density at radius 1 is 1.32 bits per heavy atom. The average molecular weight is 447 g/mol. The zero-order chi connectivity index (χ0) is 20.9. The molecule has 0 saturated heterocycles. The van der Waals surface area contributed by atoms with Gasteiger partial charge in [0.2, 0.25) is 5.91 Å². The number of benzene rings is 1. The molecule has 1 aliphatic rings. The van der Waals surface area contributed by atoms with E-state index in [0.29, 0.717) is 6.42 Å². The van der Waals surface area contributed by atoms with E-state index in [0.717, 1.165) is 42.5 Å². The smallest absolute Gasteiger partial charge is 0.224 e. The monoisotopic (exact) mass is 446 g/mol. The number of alkyl halides is 1. The molecular weight excluding hydrogens is 412 g/mol. The predicted molar refractivity (Wildman–Crippen MR) is 126 cm³/mol. The number of hydrogen-bond acceptors (Lipinski definition) is 2. The number of nitrogens with one attached hydrogen (secondary N) is 1. The Labute approximate surface area is 179 Å². The van der Waals surface area contributed by atoms with Crippen LogP contribution in [0.4, 0.5) is 11.4 Å². The largest absolute Gasteiger partial charge is 0.367 e. The second kappa shape index (κ2) is 9.78. The summed E-state index contributed by atoms with van der Waals surface area (Å²) in [7, 11) is 0. The second-order valence-electron chi connectivity index (χ2n) is 8.92. The minimum absolute atomic E-state index is 0.0115. The van der Waals surface area contributed by atoms with Crippen LogP contribution in [0.15, 0.2) is 29.9 Å². The van der Waals surface area contributed by atoms with Crippen LogP contribution < -0.4 is 10.2 Å². The highest BCUT2D eigenvalue weighted by Crippen LogP contribution is 2.37. The van der Waals surface area contributed by atoms with Crippen molar-refractivity contribution in [2.24, 2.45) is 5.41 Å². The molecule has 1 N–H and O–H groups in total. The summed E-state index contributed by atoms with van der Waals surface area (Å²) in [5.74, 6) is 0.0995. The number of aryl methyl sites for hydroxylation is 1. The first-order valence-electron chi connectivity index (χ1n) is 10.2. The van der Waals surface area contributed by atoms with Crippen LogP contribution in [0.25, 0.3) is 0 Å². The topological polar surface area (TPSA) is 32.3 Å². The lowest BCUT2D eigenvalue weighted by atomic mass is 9.90. The molecule has 0 unspecified atom stereocenters. The molecule has 0 fully saturated rings. The summed E-state index contributed by atoms with van der Waals surface area (Å²) < 4.78 is 0. The number of amides is 1. The van der Waals surface area contributed by atoms with Gasteiger partial charge in [-0.05, 0) is 67.4 Å². The van der Waals surface area contributed by atoms with Gasteiger partial charge in [-0.15, -0.1) is 0 Å². The third-order valence-electron chi connectivity index (χ3n) is 5.20. The van der Waals surface area contributed by atoms with Crippen molar-refractivity contribution in [3.05, 3.63) is 46.6 Å². The number of carbonyl (C=O) groups excluding carboxylic acids is 1. The number of hydrogen-bond donors (Lipinski definition) is 1. The summed E-state index contributed by atoms with van der Waals surface area (Å²) in [4.78, 5) is 15.0. The van der Waals surface area contributed by atoms with Gasteiger partial charge < -0.3 is 10.2 Å². The van der Waals surface area contributed by atoms with E-state index < -0.39 is 0 Å². The van der Waals surface area contributed by atoms with E-state index in [1.165, 1.54) is 22.4 Å². The second-order valence-corrected chi connectivity index (χ2v) is 9.57.